The monoisotopic (exact) mass is 260 g/mol. The molecule has 2 N–H and O–H groups in total. The lowest BCUT2D eigenvalue weighted by Crippen LogP contribution is -2.25. The smallest absolute Gasteiger partial charge is 0.332 e. The third-order valence-corrected chi connectivity index (χ3v) is 0.954. The van der Waals surface area contributed by atoms with Crippen LogP contribution in [-0.2, 0) is 14.3 Å². The van der Waals surface area contributed by atoms with Gasteiger partial charge in [0.1, 0.15) is 0 Å². The number of primary amides is 1. The van der Waals surface area contributed by atoms with Gasteiger partial charge in [-0.05, 0) is 13.8 Å². The van der Waals surface area contributed by atoms with Crippen molar-refractivity contribution >= 4 is 11.9 Å². The van der Waals surface area contributed by atoms with Crippen LogP contribution in [0.15, 0.2) is 24.3 Å². The van der Waals surface area contributed by atoms with Crippen molar-refractivity contribution in [3.8, 4) is 0 Å². The molecule has 0 rings (SSSR count). The number of quaternary nitrogens is 1. The predicted molar refractivity (Wildman–Crippen MR) is 72.2 cm³/mol. The molecular formula is C12H24N2O4. The number of methoxy groups -OCH3 is 1. The molecule has 6 heteroatoms. The van der Waals surface area contributed by atoms with Gasteiger partial charge in [0.25, 0.3) is 0 Å². The van der Waals surface area contributed by atoms with E-state index in [0.29, 0.717) is 11.1 Å². The maximum absolute atomic E-state index is 10.2. The van der Waals surface area contributed by atoms with Gasteiger partial charge in [-0.3, -0.25) is 4.79 Å². The number of carbonyl (C=O) groups is 2. The van der Waals surface area contributed by atoms with E-state index in [1.807, 2.05) is 0 Å². The number of hydrogen-bond donors (Lipinski definition) is 1. The molecule has 0 aromatic heterocycles. The summed E-state index contributed by atoms with van der Waals surface area (Å²) in [6, 6.07) is 0. The van der Waals surface area contributed by atoms with Gasteiger partial charge in [0.15, 0.2) is 0 Å². The number of hydrogen-bond acceptors (Lipinski definition) is 4. The van der Waals surface area contributed by atoms with Crippen molar-refractivity contribution in [2.45, 2.75) is 13.8 Å². The van der Waals surface area contributed by atoms with Crippen LogP contribution < -0.4 is 5.73 Å². The highest BCUT2D eigenvalue weighted by molar-refractivity contribution is 5.90. The summed E-state index contributed by atoms with van der Waals surface area (Å²) >= 11 is 0. The molecule has 0 saturated heterocycles. The van der Waals surface area contributed by atoms with E-state index in [2.05, 4.69) is 17.9 Å². The van der Waals surface area contributed by atoms with E-state index in [4.69, 9.17) is 5.73 Å². The van der Waals surface area contributed by atoms with Crippen LogP contribution in [0.25, 0.3) is 0 Å². The van der Waals surface area contributed by atoms with Gasteiger partial charge in [-0.25, -0.2) is 4.79 Å². The highest BCUT2D eigenvalue weighted by Gasteiger charge is 1.95. The molecule has 0 aliphatic heterocycles. The standard InChI is InChI=1S/C5H8O2.C4H7NO.C3H9NO/c1-4(2)5(6)7-3;1-3(2)4(5)6;1-4(2,3)5/h1H2,2-3H3;1H2,2H3,(H2,5,6);1-3H3. The first-order chi connectivity index (χ1) is 7.82. The Labute approximate surface area is 109 Å². The van der Waals surface area contributed by atoms with E-state index in [-0.39, 0.29) is 10.6 Å². The van der Waals surface area contributed by atoms with Gasteiger partial charge in [0.2, 0.25) is 5.91 Å². The third kappa shape index (κ3) is 36.7. The Hall–Kier alpha value is -1.66. The van der Waals surface area contributed by atoms with E-state index in [9.17, 15) is 14.8 Å². The van der Waals surface area contributed by atoms with E-state index in [1.54, 1.807) is 35.0 Å². The second-order valence-electron chi connectivity index (χ2n) is 4.31. The number of esters is 1. The Kier molecular flexibility index (Phi) is 12.6. The Bertz CT molecular complexity index is 286. The predicted octanol–water partition coefficient (Wildman–Crippen LogP) is 0.974. The highest BCUT2D eigenvalue weighted by Crippen LogP contribution is 1.87. The number of rotatable bonds is 2. The van der Waals surface area contributed by atoms with Gasteiger partial charge in [-0.1, -0.05) is 13.2 Å². The van der Waals surface area contributed by atoms with Crippen LogP contribution in [0.4, 0.5) is 0 Å². The Morgan fingerprint density at radius 1 is 1.11 bits per heavy atom. The van der Waals surface area contributed by atoms with Crippen molar-refractivity contribution < 1.29 is 19.0 Å². The fraction of sp³-hybridized carbons (Fsp3) is 0.500. The number of nitrogens with two attached hydrogens (primary N) is 1. The van der Waals surface area contributed by atoms with Gasteiger partial charge in [0.05, 0.1) is 28.3 Å². The normalized spacial score (nSPS) is 8.83. The minimum atomic E-state index is -0.435. The Morgan fingerprint density at radius 3 is 1.33 bits per heavy atom. The fourth-order valence-corrected chi connectivity index (χ4v) is 0.174. The second-order valence-corrected chi connectivity index (χ2v) is 4.31. The van der Waals surface area contributed by atoms with Crippen LogP contribution in [0.2, 0.25) is 0 Å². The van der Waals surface area contributed by atoms with Crippen molar-refractivity contribution in [1.82, 2.24) is 0 Å². The Balaban J connectivity index is -0.000000190. The molecule has 0 aliphatic carbocycles. The van der Waals surface area contributed by atoms with Gasteiger partial charge < -0.3 is 20.3 Å². The first-order valence-electron chi connectivity index (χ1n) is 5.04. The molecule has 1 amide bonds. The summed E-state index contributed by atoms with van der Waals surface area (Å²) in [6.45, 7) is 9.81. The minimum absolute atomic E-state index is 0.250. The minimum Gasteiger partial charge on any atom is -0.633 e. The zero-order valence-corrected chi connectivity index (χ0v) is 12.1. The van der Waals surface area contributed by atoms with E-state index < -0.39 is 5.91 Å². The lowest BCUT2D eigenvalue weighted by molar-refractivity contribution is -0.818. The topological polar surface area (TPSA) is 92.5 Å². The molecular weight excluding hydrogens is 236 g/mol. The van der Waals surface area contributed by atoms with E-state index in [1.165, 1.54) is 7.11 Å². The highest BCUT2D eigenvalue weighted by atomic mass is 16.5. The average Bonchev–Trinajstić information content (AvgIpc) is 2.14. The first-order valence-corrected chi connectivity index (χ1v) is 5.04. The van der Waals surface area contributed by atoms with Crippen LogP contribution in [-0.4, -0.2) is 44.8 Å². The van der Waals surface area contributed by atoms with Crippen molar-refractivity contribution in [3.05, 3.63) is 29.5 Å². The maximum atomic E-state index is 10.2. The van der Waals surface area contributed by atoms with Crippen molar-refractivity contribution in [2.75, 3.05) is 28.3 Å². The SMILES string of the molecule is C=C(C)C(=O)OC.C=C(C)C(N)=O.C[N+](C)(C)[O-]. The van der Waals surface area contributed by atoms with Gasteiger partial charge in [0, 0.05) is 11.1 Å². The quantitative estimate of drug-likeness (QED) is 0.346. The molecule has 0 aromatic carbocycles. The summed E-state index contributed by atoms with van der Waals surface area (Å²) in [5.74, 6) is -0.782. The average molecular weight is 260 g/mol. The number of amides is 1. The number of ether oxygens (including phenoxy) is 1. The molecule has 0 saturated carbocycles. The van der Waals surface area contributed by atoms with Gasteiger partial charge in [-0.2, -0.15) is 0 Å². The van der Waals surface area contributed by atoms with Crippen LogP contribution >= 0.6 is 0 Å². The summed E-state index contributed by atoms with van der Waals surface area (Å²) in [7, 11) is 6.04. The van der Waals surface area contributed by atoms with Crippen LogP contribution in [0.5, 0.6) is 0 Å². The molecule has 0 unspecified atom stereocenters. The van der Waals surface area contributed by atoms with Crippen LogP contribution in [0.3, 0.4) is 0 Å². The zero-order valence-electron chi connectivity index (χ0n) is 12.1. The molecule has 0 bridgehead atoms. The van der Waals surface area contributed by atoms with Crippen molar-refractivity contribution in [1.29, 1.82) is 0 Å². The largest absolute Gasteiger partial charge is 0.633 e. The molecule has 0 aliphatic rings. The summed E-state index contributed by atoms with van der Waals surface area (Å²) in [5, 5.41) is 10.0. The second kappa shape index (κ2) is 10.5. The lowest BCUT2D eigenvalue weighted by Gasteiger charge is -2.27. The van der Waals surface area contributed by atoms with Crippen LogP contribution in [0.1, 0.15) is 13.8 Å². The molecule has 18 heavy (non-hydrogen) atoms. The summed E-state index contributed by atoms with van der Waals surface area (Å²) in [5.41, 5.74) is 5.53. The van der Waals surface area contributed by atoms with Gasteiger partial charge in [-0.15, -0.1) is 0 Å². The summed E-state index contributed by atoms with van der Waals surface area (Å²) in [6.07, 6.45) is 0. The molecule has 0 aromatic rings. The molecule has 0 fully saturated rings. The molecule has 0 atom stereocenters. The first kappa shape index (κ1) is 21.6. The Morgan fingerprint density at radius 2 is 1.33 bits per heavy atom. The molecule has 106 valence electrons. The molecule has 0 spiro atoms. The number of hydroxylamine groups is 3. The zero-order chi connectivity index (χ0) is 15.5. The van der Waals surface area contributed by atoms with E-state index >= 15 is 0 Å². The van der Waals surface area contributed by atoms with Gasteiger partial charge >= 0.3 is 5.97 Å². The fourth-order valence-electron chi connectivity index (χ4n) is 0.174. The summed E-state index contributed by atoms with van der Waals surface area (Å²) < 4.78 is 4.02. The maximum Gasteiger partial charge on any atom is 0.332 e. The molecule has 0 heterocycles. The number of nitrogens with zero attached hydrogens (tertiary/aromatic N) is 1. The molecule has 0 radical (unpaired) electrons. The van der Waals surface area contributed by atoms with Crippen molar-refractivity contribution in [2.24, 2.45) is 5.73 Å². The number of carbonyl (C=O) groups excluding carboxylic acids is 2. The lowest BCUT2D eigenvalue weighted by atomic mass is 10.3. The third-order valence-electron chi connectivity index (χ3n) is 0.954. The van der Waals surface area contributed by atoms with Crippen molar-refractivity contribution in [3.63, 3.8) is 0 Å². The summed E-state index contributed by atoms with van der Waals surface area (Å²) in [4.78, 5) is 20.0. The van der Waals surface area contributed by atoms with Crippen LogP contribution in [0, 0.1) is 5.21 Å². The van der Waals surface area contributed by atoms with E-state index in [0.717, 1.165) is 0 Å². The molecule has 6 nitrogen and oxygen atoms in total.